The lowest BCUT2D eigenvalue weighted by Crippen LogP contribution is -2.49. The number of piperidine rings is 1. The second kappa shape index (κ2) is 8.68. The van der Waals surface area contributed by atoms with Crippen LogP contribution in [-0.4, -0.2) is 29.5 Å². The molecule has 5 rings (SSSR count). The van der Waals surface area contributed by atoms with Gasteiger partial charge in [-0.1, -0.05) is 66.2 Å². The van der Waals surface area contributed by atoms with Gasteiger partial charge in [-0.05, 0) is 53.1 Å². The van der Waals surface area contributed by atoms with E-state index in [0.717, 1.165) is 29.7 Å². The zero-order valence-corrected chi connectivity index (χ0v) is 18.5. The van der Waals surface area contributed by atoms with Crippen LogP contribution in [0.15, 0.2) is 84.9 Å². The van der Waals surface area contributed by atoms with Gasteiger partial charge in [0.25, 0.3) is 0 Å². The van der Waals surface area contributed by atoms with Crippen LogP contribution >= 0.6 is 11.6 Å². The summed E-state index contributed by atoms with van der Waals surface area (Å²) >= 11 is 6.02. The van der Waals surface area contributed by atoms with E-state index in [2.05, 4.69) is 54.6 Å². The van der Waals surface area contributed by atoms with Gasteiger partial charge in [0, 0.05) is 42.6 Å². The molecule has 3 nitrogen and oxygen atoms in total. The van der Waals surface area contributed by atoms with Gasteiger partial charge in [-0.15, -0.1) is 0 Å². The maximum Gasteiger partial charge on any atom is 0.246 e. The van der Waals surface area contributed by atoms with Crippen LogP contribution < -0.4 is 4.74 Å². The minimum atomic E-state index is -0.339. The monoisotopic (exact) mass is 441 g/mol. The molecule has 2 aliphatic heterocycles. The molecule has 2 heterocycles. The molecule has 3 aromatic carbocycles. The van der Waals surface area contributed by atoms with Gasteiger partial charge >= 0.3 is 0 Å². The van der Waals surface area contributed by atoms with Crippen molar-refractivity contribution in [3.05, 3.63) is 101 Å². The van der Waals surface area contributed by atoms with Gasteiger partial charge in [0.05, 0.1) is 0 Å². The number of halogens is 1. The van der Waals surface area contributed by atoms with Crippen LogP contribution in [0.25, 0.3) is 23.3 Å². The Morgan fingerprint density at radius 2 is 1.75 bits per heavy atom. The highest BCUT2D eigenvalue weighted by atomic mass is 35.5. The molecule has 3 aromatic rings. The predicted molar refractivity (Wildman–Crippen MR) is 131 cm³/mol. The van der Waals surface area contributed by atoms with Crippen molar-refractivity contribution in [3.8, 4) is 16.9 Å². The molecule has 0 saturated carbocycles. The number of carbonyl (C=O) groups excluding carboxylic acids is 1. The van der Waals surface area contributed by atoms with Gasteiger partial charge in [-0.3, -0.25) is 4.79 Å². The molecular formula is C28H24ClNO2. The third-order valence-corrected chi connectivity index (χ3v) is 6.42. The van der Waals surface area contributed by atoms with Gasteiger partial charge in [0.1, 0.15) is 11.4 Å². The minimum absolute atomic E-state index is 0.0208. The Hall–Kier alpha value is -3.30. The Kier molecular flexibility index (Phi) is 5.59. The average molecular weight is 442 g/mol. The molecule has 32 heavy (non-hydrogen) atoms. The quantitative estimate of drug-likeness (QED) is 0.435. The maximum absolute atomic E-state index is 12.6. The lowest BCUT2D eigenvalue weighted by molar-refractivity contribution is -0.128. The van der Waals surface area contributed by atoms with E-state index in [1.54, 1.807) is 6.08 Å². The van der Waals surface area contributed by atoms with Crippen LogP contribution in [-0.2, 0) is 4.79 Å². The summed E-state index contributed by atoms with van der Waals surface area (Å²) in [6, 6.07) is 24.2. The number of nitrogens with zero attached hydrogens (tertiary/aromatic N) is 1. The zero-order valence-electron chi connectivity index (χ0n) is 17.7. The standard InChI is InChI=1S/C28H24ClNO2/c29-25-8-4-5-21(19-25)9-12-27(31)30-17-15-28(16-18-30)14-13-24-20-23(10-11-26(24)32-28)22-6-2-1-3-7-22/h1-14,19-20H,15-18H2/b12-9+. The van der Waals surface area contributed by atoms with E-state index >= 15 is 0 Å². The van der Waals surface area contributed by atoms with E-state index in [1.165, 1.54) is 11.1 Å². The number of likely N-dealkylation sites (tertiary alicyclic amines) is 1. The number of carbonyl (C=O) groups is 1. The fourth-order valence-electron chi connectivity index (χ4n) is 4.33. The lowest BCUT2D eigenvalue weighted by atomic mass is 9.87. The molecule has 0 unspecified atom stereocenters. The van der Waals surface area contributed by atoms with E-state index < -0.39 is 0 Å². The van der Waals surface area contributed by atoms with Gasteiger partial charge in [0.15, 0.2) is 0 Å². The van der Waals surface area contributed by atoms with Crippen LogP contribution in [0, 0.1) is 0 Å². The second-order valence-electron chi connectivity index (χ2n) is 8.33. The number of benzene rings is 3. The van der Waals surface area contributed by atoms with Crippen LogP contribution in [0.1, 0.15) is 24.0 Å². The summed E-state index contributed by atoms with van der Waals surface area (Å²) in [5.41, 5.74) is 4.06. The van der Waals surface area contributed by atoms with Gasteiger partial charge in [0.2, 0.25) is 5.91 Å². The summed E-state index contributed by atoms with van der Waals surface area (Å²) in [7, 11) is 0. The van der Waals surface area contributed by atoms with Crippen LogP contribution in [0.2, 0.25) is 5.02 Å². The molecule has 1 saturated heterocycles. The molecule has 160 valence electrons. The molecule has 0 radical (unpaired) electrons. The third kappa shape index (κ3) is 4.35. The molecule has 1 fully saturated rings. The SMILES string of the molecule is O=C(/C=C/c1cccc(Cl)c1)N1CCC2(C=Cc3cc(-c4ccccc4)ccc3O2)CC1. The van der Waals surface area contributed by atoms with Crippen molar-refractivity contribution in [1.82, 2.24) is 4.90 Å². The molecule has 0 aromatic heterocycles. The van der Waals surface area contributed by atoms with Crippen LogP contribution in [0.5, 0.6) is 5.75 Å². The highest BCUT2D eigenvalue weighted by Gasteiger charge is 2.37. The maximum atomic E-state index is 12.6. The van der Waals surface area contributed by atoms with Gasteiger partial charge < -0.3 is 9.64 Å². The fourth-order valence-corrected chi connectivity index (χ4v) is 4.53. The number of hydrogen-bond donors (Lipinski definition) is 0. The Labute approximate surface area is 193 Å². The summed E-state index contributed by atoms with van der Waals surface area (Å²) in [5, 5.41) is 0.664. The molecule has 1 spiro atoms. The van der Waals surface area contributed by atoms with Crippen molar-refractivity contribution in [1.29, 1.82) is 0 Å². The van der Waals surface area contributed by atoms with Crippen molar-refractivity contribution in [3.63, 3.8) is 0 Å². The van der Waals surface area contributed by atoms with Crippen molar-refractivity contribution in [2.24, 2.45) is 0 Å². The number of hydrogen-bond acceptors (Lipinski definition) is 2. The summed E-state index contributed by atoms with van der Waals surface area (Å²) in [6.07, 6.45) is 9.34. The first-order chi connectivity index (χ1) is 15.6. The molecule has 0 N–H and O–H groups in total. The number of rotatable bonds is 3. The molecule has 0 aliphatic carbocycles. The van der Waals surface area contributed by atoms with E-state index in [0.29, 0.717) is 18.1 Å². The van der Waals surface area contributed by atoms with Crippen molar-refractivity contribution >= 4 is 29.7 Å². The predicted octanol–water partition coefficient (Wildman–Crippen LogP) is 6.49. The van der Waals surface area contributed by atoms with Crippen LogP contribution in [0.3, 0.4) is 0 Å². The smallest absolute Gasteiger partial charge is 0.246 e. The van der Waals surface area contributed by atoms with E-state index in [9.17, 15) is 4.79 Å². The zero-order chi connectivity index (χ0) is 22.0. The van der Waals surface area contributed by atoms with Crippen molar-refractivity contribution in [2.75, 3.05) is 13.1 Å². The van der Waals surface area contributed by atoms with E-state index in [4.69, 9.17) is 16.3 Å². The second-order valence-corrected chi connectivity index (χ2v) is 8.77. The Morgan fingerprint density at radius 3 is 2.53 bits per heavy atom. The number of amides is 1. The first-order valence-electron chi connectivity index (χ1n) is 10.9. The summed E-state index contributed by atoms with van der Waals surface area (Å²) in [5.74, 6) is 0.931. The lowest BCUT2D eigenvalue weighted by Gasteiger charge is -2.41. The third-order valence-electron chi connectivity index (χ3n) is 6.19. The molecular weight excluding hydrogens is 418 g/mol. The number of fused-ring (bicyclic) bond motifs is 1. The van der Waals surface area contributed by atoms with Crippen LogP contribution in [0.4, 0.5) is 0 Å². The van der Waals surface area contributed by atoms with E-state index in [-0.39, 0.29) is 11.5 Å². The molecule has 1 amide bonds. The normalized spacial score (nSPS) is 16.7. The first-order valence-corrected chi connectivity index (χ1v) is 11.3. The Morgan fingerprint density at radius 1 is 0.938 bits per heavy atom. The molecule has 0 bridgehead atoms. The van der Waals surface area contributed by atoms with Crippen molar-refractivity contribution < 1.29 is 9.53 Å². The Balaban J connectivity index is 1.24. The van der Waals surface area contributed by atoms with Crippen molar-refractivity contribution in [2.45, 2.75) is 18.4 Å². The molecule has 4 heteroatoms. The summed E-state index contributed by atoms with van der Waals surface area (Å²) in [6.45, 7) is 1.33. The summed E-state index contributed by atoms with van der Waals surface area (Å²) in [4.78, 5) is 14.5. The average Bonchev–Trinajstić information content (AvgIpc) is 2.83. The largest absolute Gasteiger partial charge is 0.482 e. The summed E-state index contributed by atoms with van der Waals surface area (Å²) < 4.78 is 6.46. The highest BCUT2D eigenvalue weighted by molar-refractivity contribution is 6.30. The van der Waals surface area contributed by atoms with E-state index in [1.807, 2.05) is 41.3 Å². The molecule has 0 atom stereocenters. The van der Waals surface area contributed by atoms with Gasteiger partial charge in [-0.2, -0.15) is 0 Å². The Bertz CT molecular complexity index is 1190. The minimum Gasteiger partial charge on any atom is -0.482 e. The fraction of sp³-hybridized carbons (Fsp3) is 0.179. The first kappa shape index (κ1) is 20.6. The highest BCUT2D eigenvalue weighted by Crippen LogP contribution is 2.38. The molecule has 2 aliphatic rings. The van der Waals surface area contributed by atoms with Gasteiger partial charge in [-0.25, -0.2) is 0 Å². The number of ether oxygens (including phenoxy) is 1. The topological polar surface area (TPSA) is 29.5 Å².